The molecule has 1 heterocycles. The van der Waals surface area contributed by atoms with Crippen LogP contribution in [0.1, 0.15) is 30.0 Å². The van der Waals surface area contributed by atoms with Crippen molar-refractivity contribution >= 4 is 0 Å². The van der Waals surface area contributed by atoms with Crippen LogP contribution < -0.4 is 10.1 Å². The van der Waals surface area contributed by atoms with Crippen LogP contribution in [0.5, 0.6) is 5.75 Å². The van der Waals surface area contributed by atoms with Gasteiger partial charge in [-0.1, -0.05) is 78.9 Å². The maximum Gasteiger partial charge on any atom is 0.226 e. The van der Waals surface area contributed by atoms with Gasteiger partial charge in [0.05, 0.1) is 12.6 Å². The second-order valence-electron chi connectivity index (χ2n) is 7.38. The van der Waals surface area contributed by atoms with Gasteiger partial charge in [-0.15, -0.1) is 0 Å². The summed E-state index contributed by atoms with van der Waals surface area (Å²) in [6, 6.07) is 29.0. The van der Waals surface area contributed by atoms with E-state index >= 15 is 0 Å². The van der Waals surface area contributed by atoms with Crippen LogP contribution in [0.25, 0.3) is 0 Å². The fourth-order valence-electron chi connectivity index (χ4n) is 3.69. The first-order valence-corrected chi connectivity index (χ1v) is 9.97. The van der Waals surface area contributed by atoms with Gasteiger partial charge in [-0.3, -0.25) is 0 Å². The third-order valence-corrected chi connectivity index (χ3v) is 5.44. The first-order chi connectivity index (χ1) is 13.8. The lowest BCUT2D eigenvalue weighted by Crippen LogP contribution is -2.56. The zero-order valence-electron chi connectivity index (χ0n) is 16.3. The van der Waals surface area contributed by atoms with Gasteiger partial charge >= 0.3 is 0 Å². The van der Waals surface area contributed by atoms with E-state index in [0.717, 1.165) is 30.7 Å². The Morgan fingerprint density at radius 3 is 2.29 bits per heavy atom. The molecule has 0 spiro atoms. The number of rotatable bonds is 7. The SMILES string of the molecule is CC(NCc1ccccc1)C1(OCc2ccccc2)CCc2ccccc2O1. The highest BCUT2D eigenvalue weighted by atomic mass is 16.7. The predicted octanol–water partition coefficient (Wildman–Crippen LogP) is 5.10. The van der Waals surface area contributed by atoms with E-state index in [2.05, 4.69) is 60.8 Å². The van der Waals surface area contributed by atoms with Crippen molar-refractivity contribution in [2.45, 2.75) is 44.7 Å². The molecule has 0 saturated carbocycles. The van der Waals surface area contributed by atoms with E-state index in [-0.39, 0.29) is 6.04 Å². The van der Waals surface area contributed by atoms with Crippen LogP contribution in [0.4, 0.5) is 0 Å². The minimum atomic E-state index is -0.695. The van der Waals surface area contributed by atoms with Crippen molar-refractivity contribution in [2.75, 3.05) is 0 Å². The first-order valence-electron chi connectivity index (χ1n) is 9.97. The van der Waals surface area contributed by atoms with Crippen molar-refractivity contribution in [3.05, 3.63) is 102 Å². The first kappa shape index (κ1) is 18.7. The molecule has 0 aromatic heterocycles. The molecule has 1 N–H and O–H groups in total. The van der Waals surface area contributed by atoms with Crippen molar-refractivity contribution < 1.29 is 9.47 Å². The zero-order valence-corrected chi connectivity index (χ0v) is 16.3. The molecular formula is C25H27NO2. The van der Waals surface area contributed by atoms with Crippen LogP contribution >= 0.6 is 0 Å². The number of fused-ring (bicyclic) bond motifs is 1. The van der Waals surface area contributed by atoms with Crippen molar-refractivity contribution in [1.29, 1.82) is 0 Å². The molecule has 2 unspecified atom stereocenters. The van der Waals surface area contributed by atoms with Crippen molar-refractivity contribution in [2.24, 2.45) is 0 Å². The van der Waals surface area contributed by atoms with E-state index in [1.54, 1.807) is 0 Å². The fraction of sp³-hybridized carbons (Fsp3) is 0.280. The molecule has 3 heteroatoms. The lowest BCUT2D eigenvalue weighted by Gasteiger charge is -2.42. The third kappa shape index (κ3) is 4.27. The summed E-state index contributed by atoms with van der Waals surface area (Å²) >= 11 is 0. The highest BCUT2D eigenvalue weighted by molar-refractivity contribution is 5.36. The molecule has 0 fully saturated rings. The number of para-hydroxylation sites is 1. The molecule has 0 saturated heterocycles. The summed E-state index contributed by atoms with van der Waals surface area (Å²) in [7, 11) is 0. The van der Waals surface area contributed by atoms with Crippen LogP contribution in [0.2, 0.25) is 0 Å². The molecule has 0 bridgehead atoms. The molecule has 1 aliphatic heterocycles. The molecule has 3 aromatic rings. The summed E-state index contributed by atoms with van der Waals surface area (Å²) in [4.78, 5) is 0. The maximum absolute atomic E-state index is 6.51. The summed E-state index contributed by atoms with van der Waals surface area (Å²) in [6.07, 6.45) is 1.77. The highest BCUT2D eigenvalue weighted by Crippen LogP contribution is 2.36. The predicted molar refractivity (Wildman–Crippen MR) is 112 cm³/mol. The van der Waals surface area contributed by atoms with Crippen LogP contribution in [0.15, 0.2) is 84.9 Å². The van der Waals surface area contributed by atoms with E-state index in [0.29, 0.717) is 6.61 Å². The Kier molecular flexibility index (Phi) is 5.75. The molecule has 0 aliphatic carbocycles. The molecule has 4 rings (SSSR count). The Labute approximate surface area is 167 Å². The van der Waals surface area contributed by atoms with E-state index in [9.17, 15) is 0 Å². The normalized spacial score (nSPS) is 19.5. The highest BCUT2D eigenvalue weighted by Gasteiger charge is 2.42. The smallest absolute Gasteiger partial charge is 0.226 e. The van der Waals surface area contributed by atoms with Gasteiger partial charge in [0.1, 0.15) is 5.75 Å². The van der Waals surface area contributed by atoms with Gasteiger partial charge < -0.3 is 14.8 Å². The van der Waals surface area contributed by atoms with Gasteiger partial charge in [0.25, 0.3) is 0 Å². The van der Waals surface area contributed by atoms with Gasteiger partial charge in [0, 0.05) is 13.0 Å². The Morgan fingerprint density at radius 1 is 0.893 bits per heavy atom. The fourth-order valence-corrected chi connectivity index (χ4v) is 3.69. The Balaban J connectivity index is 1.52. The van der Waals surface area contributed by atoms with E-state index < -0.39 is 5.79 Å². The standard InChI is InChI=1S/C25H27NO2/c1-20(26-18-21-10-4-2-5-11-21)25(27-19-22-12-6-3-7-13-22)17-16-23-14-8-9-15-24(23)28-25/h2-15,20,26H,16-19H2,1H3. The van der Waals surface area contributed by atoms with Gasteiger partial charge in [-0.25, -0.2) is 0 Å². The average Bonchev–Trinajstić information content (AvgIpc) is 2.77. The van der Waals surface area contributed by atoms with Crippen LogP contribution in [-0.2, 0) is 24.3 Å². The van der Waals surface area contributed by atoms with Gasteiger partial charge in [-0.2, -0.15) is 0 Å². The summed E-state index contributed by atoms with van der Waals surface area (Å²) in [5.41, 5.74) is 3.65. The molecule has 3 nitrogen and oxygen atoms in total. The second-order valence-corrected chi connectivity index (χ2v) is 7.38. The lowest BCUT2D eigenvalue weighted by molar-refractivity contribution is -0.217. The van der Waals surface area contributed by atoms with E-state index in [4.69, 9.17) is 9.47 Å². The van der Waals surface area contributed by atoms with E-state index in [1.165, 1.54) is 11.1 Å². The number of nitrogens with one attached hydrogen (secondary N) is 1. The van der Waals surface area contributed by atoms with Gasteiger partial charge in [0.15, 0.2) is 0 Å². The van der Waals surface area contributed by atoms with E-state index in [1.807, 2.05) is 36.4 Å². The van der Waals surface area contributed by atoms with Crippen molar-refractivity contribution in [3.8, 4) is 5.75 Å². The summed E-state index contributed by atoms with van der Waals surface area (Å²) in [5, 5.41) is 3.63. The van der Waals surface area contributed by atoms with Crippen molar-refractivity contribution in [1.82, 2.24) is 5.32 Å². The van der Waals surface area contributed by atoms with Gasteiger partial charge in [0.2, 0.25) is 5.79 Å². The van der Waals surface area contributed by atoms with Crippen molar-refractivity contribution in [3.63, 3.8) is 0 Å². The third-order valence-electron chi connectivity index (χ3n) is 5.44. The number of hydrogen-bond donors (Lipinski definition) is 1. The quantitative estimate of drug-likeness (QED) is 0.625. The Bertz CT molecular complexity index is 881. The molecular weight excluding hydrogens is 346 g/mol. The number of benzene rings is 3. The summed E-state index contributed by atoms with van der Waals surface area (Å²) in [6.45, 7) is 3.46. The lowest BCUT2D eigenvalue weighted by atomic mass is 9.94. The zero-order chi connectivity index (χ0) is 19.2. The van der Waals surface area contributed by atoms with Crippen LogP contribution in [-0.4, -0.2) is 11.8 Å². The average molecular weight is 373 g/mol. The van der Waals surface area contributed by atoms with Crippen LogP contribution in [0, 0.1) is 0 Å². The number of ether oxygens (including phenoxy) is 2. The molecule has 144 valence electrons. The second kappa shape index (κ2) is 8.59. The monoisotopic (exact) mass is 373 g/mol. The summed E-state index contributed by atoms with van der Waals surface area (Å²) in [5.74, 6) is 0.231. The molecule has 1 aliphatic rings. The largest absolute Gasteiger partial charge is 0.460 e. The molecule has 28 heavy (non-hydrogen) atoms. The topological polar surface area (TPSA) is 30.5 Å². The molecule has 0 amide bonds. The Hall–Kier alpha value is -2.62. The molecule has 2 atom stereocenters. The minimum Gasteiger partial charge on any atom is -0.460 e. The number of hydrogen-bond acceptors (Lipinski definition) is 3. The Morgan fingerprint density at radius 2 is 1.54 bits per heavy atom. The minimum absolute atomic E-state index is 0.0322. The summed E-state index contributed by atoms with van der Waals surface area (Å²) < 4.78 is 13.0. The number of aryl methyl sites for hydroxylation is 1. The molecule has 3 aromatic carbocycles. The van der Waals surface area contributed by atoms with Crippen LogP contribution in [0.3, 0.4) is 0 Å². The van der Waals surface area contributed by atoms with Gasteiger partial charge in [-0.05, 0) is 36.1 Å². The molecule has 0 radical (unpaired) electrons. The maximum atomic E-state index is 6.51.